The second-order valence-corrected chi connectivity index (χ2v) is 5.11. The van der Waals surface area contributed by atoms with Gasteiger partial charge in [0.15, 0.2) is 5.56 Å². The van der Waals surface area contributed by atoms with Crippen LogP contribution in [0.2, 0.25) is 0 Å². The van der Waals surface area contributed by atoms with E-state index in [-0.39, 0.29) is 5.92 Å². The number of aromatic carboxylic acids is 1. The molecule has 0 saturated heterocycles. The lowest BCUT2D eigenvalue weighted by Gasteiger charge is -1.99. The highest BCUT2D eigenvalue weighted by atomic mass is 32.1. The zero-order chi connectivity index (χ0) is 12.7. The predicted molar refractivity (Wildman–Crippen MR) is 65.2 cm³/mol. The molecule has 0 bridgehead atoms. The fourth-order valence-corrected chi connectivity index (χ4v) is 2.63. The van der Waals surface area contributed by atoms with Crippen LogP contribution in [0.25, 0.3) is 10.2 Å². The van der Waals surface area contributed by atoms with Gasteiger partial charge in [-0.15, -0.1) is 11.3 Å². The lowest BCUT2D eigenvalue weighted by Crippen LogP contribution is -2.16. The third-order valence-electron chi connectivity index (χ3n) is 2.48. The van der Waals surface area contributed by atoms with Crippen LogP contribution in [0.15, 0.2) is 10.9 Å². The first kappa shape index (κ1) is 11.7. The first-order valence-corrected chi connectivity index (χ1v) is 5.85. The highest BCUT2D eigenvalue weighted by molar-refractivity contribution is 7.18. The fraction of sp³-hybridized carbons (Fsp3) is 0.273. The molecule has 0 aliphatic heterocycles. The quantitative estimate of drug-likeness (QED) is 0.764. The van der Waals surface area contributed by atoms with E-state index < -0.39 is 22.8 Å². The monoisotopic (exact) mass is 253 g/mol. The Morgan fingerprint density at radius 3 is 2.65 bits per heavy atom. The molecule has 17 heavy (non-hydrogen) atoms. The molecule has 0 atom stereocenters. The van der Waals surface area contributed by atoms with E-state index in [1.165, 1.54) is 11.3 Å². The van der Waals surface area contributed by atoms with Gasteiger partial charge in [0, 0.05) is 4.88 Å². The Hall–Kier alpha value is -1.82. The van der Waals surface area contributed by atoms with Gasteiger partial charge in [-0.1, -0.05) is 13.8 Å². The molecule has 3 N–H and O–H groups in total. The number of carboxylic acids is 1. The van der Waals surface area contributed by atoms with Crippen LogP contribution in [0.5, 0.6) is 5.75 Å². The third kappa shape index (κ3) is 1.80. The molecule has 2 aromatic rings. The first-order chi connectivity index (χ1) is 7.91. The maximum absolute atomic E-state index is 11.5. The second kappa shape index (κ2) is 3.89. The summed E-state index contributed by atoms with van der Waals surface area (Å²) in [6.07, 6.45) is 0. The Morgan fingerprint density at radius 2 is 2.12 bits per heavy atom. The molecule has 2 heterocycles. The molecule has 0 unspecified atom stereocenters. The van der Waals surface area contributed by atoms with Crippen molar-refractivity contribution >= 4 is 27.5 Å². The summed E-state index contributed by atoms with van der Waals surface area (Å²) in [6.45, 7) is 3.97. The molecule has 0 amide bonds. The van der Waals surface area contributed by atoms with Crippen LogP contribution in [0, 0.1) is 0 Å². The van der Waals surface area contributed by atoms with Gasteiger partial charge in [-0.25, -0.2) is 4.79 Å². The highest BCUT2D eigenvalue weighted by Gasteiger charge is 2.20. The molecule has 5 nitrogen and oxygen atoms in total. The number of fused-ring (bicyclic) bond motifs is 1. The highest BCUT2D eigenvalue weighted by Crippen LogP contribution is 2.34. The summed E-state index contributed by atoms with van der Waals surface area (Å²) in [6, 6.07) is 1.71. The lowest BCUT2D eigenvalue weighted by molar-refractivity contribution is 0.0692. The summed E-state index contributed by atoms with van der Waals surface area (Å²) in [5.41, 5.74) is -1.38. The molecule has 6 heteroatoms. The zero-order valence-corrected chi connectivity index (χ0v) is 10.1. The van der Waals surface area contributed by atoms with Crippen LogP contribution in [0.3, 0.4) is 0 Å². The van der Waals surface area contributed by atoms with Crippen molar-refractivity contribution in [1.29, 1.82) is 0 Å². The molecule has 0 saturated carbocycles. The van der Waals surface area contributed by atoms with Gasteiger partial charge in [0.05, 0.1) is 5.39 Å². The molecule has 90 valence electrons. The second-order valence-electron chi connectivity index (χ2n) is 4.03. The molecule has 2 rings (SSSR count). The minimum absolute atomic E-state index is 0.253. The van der Waals surface area contributed by atoms with E-state index in [1.54, 1.807) is 6.07 Å². The van der Waals surface area contributed by atoms with Gasteiger partial charge in [-0.05, 0) is 12.0 Å². The number of H-pyrrole nitrogens is 1. The third-order valence-corrected chi connectivity index (χ3v) is 3.83. The van der Waals surface area contributed by atoms with Crippen molar-refractivity contribution in [3.63, 3.8) is 0 Å². The van der Waals surface area contributed by atoms with Crippen LogP contribution < -0.4 is 5.56 Å². The number of hydrogen-bond donors (Lipinski definition) is 3. The van der Waals surface area contributed by atoms with E-state index in [0.29, 0.717) is 10.2 Å². The fourth-order valence-electron chi connectivity index (χ4n) is 1.57. The number of carbonyl (C=O) groups is 1. The standard InChI is InChI=1S/C11H11NO4S/c1-4(2)6-3-5-8(13)7(11(15)16)9(14)12-10(5)17-6/h3-4H,1-2H3,(H,15,16)(H2,12,13,14). The van der Waals surface area contributed by atoms with Gasteiger partial charge in [-0.2, -0.15) is 0 Å². The maximum Gasteiger partial charge on any atom is 0.345 e. The molecule has 0 radical (unpaired) electrons. The van der Waals surface area contributed by atoms with Gasteiger partial charge in [0.1, 0.15) is 10.6 Å². The summed E-state index contributed by atoms with van der Waals surface area (Å²) in [5.74, 6) is -1.63. The molecule has 0 aliphatic carbocycles. The van der Waals surface area contributed by atoms with E-state index >= 15 is 0 Å². The Balaban J connectivity index is 2.83. The number of thiophene rings is 1. The Bertz CT molecular complexity index is 653. The Labute approximate surface area is 100 Å². The minimum atomic E-state index is -1.43. The maximum atomic E-state index is 11.5. The molecule has 0 aromatic carbocycles. The van der Waals surface area contributed by atoms with Crippen molar-refractivity contribution in [2.75, 3.05) is 0 Å². The predicted octanol–water partition coefficient (Wildman–Crippen LogP) is 2.12. The van der Waals surface area contributed by atoms with E-state index in [4.69, 9.17) is 5.11 Å². The zero-order valence-electron chi connectivity index (χ0n) is 9.27. The van der Waals surface area contributed by atoms with E-state index in [0.717, 1.165) is 4.88 Å². The SMILES string of the molecule is CC(C)c1cc2c(O)c(C(=O)O)c(=O)[nH]c2s1. The van der Waals surface area contributed by atoms with Gasteiger partial charge < -0.3 is 15.2 Å². The van der Waals surface area contributed by atoms with Crippen LogP contribution >= 0.6 is 11.3 Å². The summed E-state index contributed by atoms with van der Waals surface area (Å²) >= 11 is 1.35. The van der Waals surface area contributed by atoms with Crippen LogP contribution in [0.1, 0.15) is 35.0 Å². The molecule has 0 fully saturated rings. The molecule has 2 aromatic heterocycles. The molecule has 0 aliphatic rings. The normalized spacial score (nSPS) is 11.2. The Morgan fingerprint density at radius 1 is 1.47 bits per heavy atom. The number of rotatable bonds is 2. The molecule has 0 spiro atoms. The smallest absolute Gasteiger partial charge is 0.345 e. The molecular weight excluding hydrogens is 242 g/mol. The van der Waals surface area contributed by atoms with Crippen molar-refractivity contribution in [2.45, 2.75) is 19.8 Å². The largest absolute Gasteiger partial charge is 0.506 e. The first-order valence-electron chi connectivity index (χ1n) is 5.03. The summed E-state index contributed by atoms with van der Waals surface area (Å²) in [5, 5.41) is 19.0. The minimum Gasteiger partial charge on any atom is -0.506 e. The van der Waals surface area contributed by atoms with E-state index in [1.807, 2.05) is 13.8 Å². The summed E-state index contributed by atoms with van der Waals surface area (Å²) < 4.78 is 0. The van der Waals surface area contributed by atoms with Crippen LogP contribution in [0.4, 0.5) is 0 Å². The lowest BCUT2D eigenvalue weighted by atomic mass is 10.1. The number of pyridine rings is 1. The van der Waals surface area contributed by atoms with E-state index in [2.05, 4.69) is 4.98 Å². The topological polar surface area (TPSA) is 90.4 Å². The van der Waals surface area contributed by atoms with Crippen molar-refractivity contribution < 1.29 is 15.0 Å². The van der Waals surface area contributed by atoms with Crippen molar-refractivity contribution in [1.82, 2.24) is 4.98 Å². The molecular formula is C11H11NO4S. The van der Waals surface area contributed by atoms with Crippen LogP contribution in [-0.2, 0) is 0 Å². The number of aromatic amines is 1. The van der Waals surface area contributed by atoms with E-state index in [9.17, 15) is 14.7 Å². The van der Waals surface area contributed by atoms with Crippen molar-refractivity contribution in [2.24, 2.45) is 0 Å². The van der Waals surface area contributed by atoms with Gasteiger partial charge in [0.25, 0.3) is 5.56 Å². The number of hydrogen-bond acceptors (Lipinski definition) is 4. The Kier molecular flexibility index (Phi) is 2.66. The van der Waals surface area contributed by atoms with Gasteiger partial charge >= 0.3 is 5.97 Å². The summed E-state index contributed by atoms with van der Waals surface area (Å²) in [7, 11) is 0. The number of nitrogens with one attached hydrogen (secondary N) is 1. The van der Waals surface area contributed by atoms with Crippen molar-refractivity contribution in [3.8, 4) is 5.75 Å². The number of aromatic nitrogens is 1. The van der Waals surface area contributed by atoms with Gasteiger partial charge in [0.2, 0.25) is 0 Å². The van der Waals surface area contributed by atoms with Crippen LogP contribution in [-0.4, -0.2) is 21.2 Å². The number of carboxylic acid groups (broad SMARTS) is 1. The summed E-state index contributed by atoms with van der Waals surface area (Å²) in [4.78, 5) is 26.3. The van der Waals surface area contributed by atoms with Gasteiger partial charge in [-0.3, -0.25) is 4.79 Å². The average Bonchev–Trinajstić information content (AvgIpc) is 2.60. The average molecular weight is 253 g/mol. The van der Waals surface area contributed by atoms with Crippen molar-refractivity contribution in [3.05, 3.63) is 26.9 Å². The number of aromatic hydroxyl groups is 1.